The van der Waals surface area contributed by atoms with Gasteiger partial charge in [-0.25, -0.2) is 0 Å². The second-order valence-electron chi connectivity index (χ2n) is 8.28. The second kappa shape index (κ2) is 11.3. The molecule has 0 aromatic heterocycles. The van der Waals surface area contributed by atoms with Crippen LogP contribution >= 0.6 is 0 Å². The zero-order chi connectivity index (χ0) is 22.9. The van der Waals surface area contributed by atoms with Crippen molar-refractivity contribution in [3.8, 4) is 0 Å². The van der Waals surface area contributed by atoms with E-state index in [1.165, 1.54) is 0 Å². The monoisotopic (exact) mass is 428 g/mol. The van der Waals surface area contributed by atoms with Gasteiger partial charge >= 0.3 is 0 Å². The molecule has 0 spiro atoms. The molecule has 0 heterocycles. The third-order valence-electron chi connectivity index (χ3n) is 5.50. The van der Waals surface area contributed by atoms with Gasteiger partial charge in [-0.15, -0.1) is 0 Å². The predicted octanol–water partition coefficient (Wildman–Crippen LogP) is 4.62. The first-order valence-electron chi connectivity index (χ1n) is 11.2. The van der Waals surface area contributed by atoms with Gasteiger partial charge in [0.2, 0.25) is 11.8 Å². The molecule has 3 aromatic rings. The molecule has 4 heteroatoms. The van der Waals surface area contributed by atoms with Gasteiger partial charge in [0.15, 0.2) is 0 Å². The number of rotatable bonds is 9. The predicted molar refractivity (Wildman–Crippen MR) is 129 cm³/mol. The van der Waals surface area contributed by atoms with Gasteiger partial charge < -0.3 is 10.2 Å². The maximum atomic E-state index is 13.6. The summed E-state index contributed by atoms with van der Waals surface area (Å²) >= 11 is 0. The third kappa shape index (κ3) is 6.55. The fourth-order valence-electron chi connectivity index (χ4n) is 3.95. The molecule has 0 aliphatic heterocycles. The van der Waals surface area contributed by atoms with Crippen LogP contribution in [0.25, 0.3) is 0 Å². The van der Waals surface area contributed by atoms with Crippen molar-refractivity contribution in [3.05, 3.63) is 107 Å². The number of benzene rings is 3. The van der Waals surface area contributed by atoms with Crippen molar-refractivity contribution in [2.45, 2.75) is 46.2 Å². The summed E-state index contributed by atoms with van der Waals surface area (Å²) in [6.07, 6.45) is 0.732. The Hall–Kier alpha value is -3.40. The minimum absolute atomic E-state index is 0.0516. The van der Waals surface area contributed by atoms with E-state index in [0.717, 1.165) is 27.8 Å². The quantitative estimate of drug-likeness (QED) is 0.541. The molecule has 3 rings (SSSR count). The Morgan fingerprint density at radius 1 is 0.812 bits per heavy atom. The van der Waals surface area contributed by atoms with Gasteiger partial charge in [0, 0.05) is 19.5 Å². The number of likely N-dealkylation sites (N-methyl/N-ethyl adjacent to an activating group) is 1. The third-order valence-corrected chi connectivity index (χ3v) is 5.50. The summed E-state index contributed by atoms with van der Waals surface area (Å²) in [4.78, 5) is 28.5. The molecule has 0 radical (unpaired) electrons. The van der Waals surface area contributed by atoms with Crippen molar-refractivity contribution < 1.29 is 9.59 Å². The SMILES string of the molecule is CCNC(=O)[C@@H](Cc1ccccc1)N(Cc1cccc(C)c1)C(=O)Cc1cccc(C)c1. The topological polar surface area (TPSA) is 49.4 Å². The molecule has 2 amide bonds. The first-order chi connectivity index (χ1) is 15.5. The zero-order valence-corrected chi connectivity index (χ0v) is 19.2. The second-order valence-corrected chi connectivity index (χ2v) is 8.28. The lowest BCUT2D eigenvalue weighted by molar-refractivity contribution is -0.140. The molecular weight excluding hydrogens is 396 g/mol. The van der Waals surface area contributed by atoms with E-state index >= 15 is 0 Å². The van der Waals surface area contributed by atoms with Crippen LogP contribution in [-0.4, -0.2) is 29.3 Å². The van der Waals surface area contributed by atoms with Gasteiger partial charge in [0.1, 0.15) is 6.04 Å². The Kier molecular flexibility index (Phi) is 8.20. The number of carbonyl (C=O) groups is 2. The maximum Gasteiger partial charge on any atom is 0.243 e. The standard InChI is InChI=1S/C28H32N2O2/c1-4-29-28(32)26(18-23-12-6-5-7-13-23)30(20-25-15-9-11-22(3)17-25)27(31)19-24-14-8-10-21(2)16-24/h5-17,26H,4,18-20H2,1-3H3,(H,29,32)/t26-/m1/s1. The molecular formula is C28H32N2O2. The Bertz CT molecular complexity index is 1050. The Balaban J connectivity index is 1.95. The molecule has 0 saturated heterocycles. The van der Waals surface area contributed by atoms with Crippen molar-refractivity contribution in [1.82, 2.24) is 10.2 Å². The van der Waals surface area contributed by atoms with Crippen molar-refractivity contribution in [3.63, 3.8) is 0 Å². The van der Waals surface area contributed by atoms with Crippen LogP contribution in [0.4, 0.5) is 0 Å². The Morgan fingerprint density at radius 2 is 1.41 bits per heavy atom. The van der Waals surface area contributed by atoms with E-state index < -0.39 is 6.04 Å². The summed E-state index contributed by atoms with van der Waals surface area (Å²) in [7, 11) is 0. The summed E-state index contributed by atoms with van der Waals surface area (Å²) in [6.45, 7) is 6.87. The van der Waals surface area contributed by atoms with Crippen LogP contribution in [0.2, 0.25) is 0 Å². The number of nitrogens with zero attached hydrogens (tertiary/aromatic N) is 1. The highest BCUT2D eigenvalue weighted by Gasteiger charge is 2.30. The summed E-state index contributed by atoms with van der Waals surface area (Å²) in [6, 6.07) is 25.4. The molecule has 0 aliphatic carbocycles. The summed E-state index contributed by atoms with van der Waals surface area (Å²) in [5.74, 6) is -0.175. The van der Waals surface area contributed by atoms with Crippen molar-refractivity contribution >= 4 is 11.8 Å². The van der Waals surface area contributed by atoms with E-state index in [2.05, 4.69) is 11.4 Å². The van der Waals surface area contributed by atoms with Crippen LogP contribution < -0.4 is 5.32 Å². The molecule has 166 valence electrons. The lowest BCUT2D eigenvalue weighted by atomic mass is 10.0. The van der Waals surface area contributed by atoms with Crippen molar-refractivity contribution in [1.29, 1.82) is 0 Å². The lowest BCUT2D eigenvalue weighted by Crippen LogP contribution is -2.50. The minimum atomic E-state index is -0.588. The average molecular weight is 429 g/mol. The molecule has 0 fully saturated rings. The fourth-order valence-corrected chi connectivity index (χ4v) is 3.95. The number of nitrogens with one attached hydrogen (secondary N) is 1. The molecule has 0 saturated carbocycles. The molecule has 32 heavy (non-hydrogen) atoms. The van der Waals surface area contributed by atoms with Gasteiger partial charge in [0.25, 0.3) is 0 Å². The van der Waals surface area contributed by atoms with Gasteiger partial charge in [-0.3, -0.25) is 9.59 Å². The van der Waals surface area contributed by atoms with E-state index in [-0.39, 0.29) is 18.2 Å². The number of hydrogen-bond donors (Lipinski definition) is 1. The van der Waals surface area contributed by atoms with Crippen LogP contribution in [0.1, 0.15) is 34.7 Å². The molecule has 1 N–H and O–H groups in total. The number of hydrogen-bond acceptors (Lipinski definition) is 2. The van der Waals surface area contributed by atoms with Crippen LogP contribution in [-0.2, 0) is 29.0 Å². The minimum Gasteiger partial charge on any atom is -0.355 e. The summed E-state index contributed by atoms with van der Waals surface area (Å²) in [5.41, 5.74) is 5.25. The molecule has 0 unspecified atom stereocenters. The van der Waals surface area contributed by atoms with E-state index in [0.29, 0.717) is 19.5 Å². The highest BCUT2D eigenvalue weighted by atomic mass is 16.2. The van der Waals surface area contributed by atoms with Crippen molar-refractivity contribution in [2.75, 3.05) is 6.54 Å². The van der Waals surface area contributed by atoms with Crippen LogP contribution in [0.3, 0.4) is 0 Å². The first-order valence-corrected chi connectivity index (χ1v) is 11.2. The zero-order valence-electron chi connectivity index (χ0n) is 19.2. The lowest BCUT2D eigenvalue weighted by Gasteiger charge is -2.31. The van der Waals surface area contributed by atoms with Gasteiger partial charge in [-0.2, -0.15) is 0 Å². The summed E-state index contributed by atoms with van der Waals surface area (Å²) < 4.78 is 0. The first kappa shape index (κ1) is 23.3. The van der Waals surface area contributed by atoms with Crippen LogP contribution in [0.15, 0.2) is 78.9 Å². The van der Waals surface area contributed by atoms with Crippen LogP contribution in [0.5, 0.6) is 0 Å². The van der Waals surface area contributed by atoms with Gasteiger partial charge in [-0.1, -0.05) is 90.0 Å². The average Bonchev–Trinajstić information content (AvgIpc) is 2.77. The molecule has 1 atom stereocenters. The fraction of sp³-hybridized carbons (Fsp3) is 0.286. The molecule has 4 nitrogen and oxygen atoms in total. The van der Waals surface area contributed by atoms with E-state index in [1.807, 2.05) is 93.6 Å². The summed E-state index contributed by atoms with van der Waals surface area (Å²) in [5, 5.41) is 2.94. The van der Waals surface area contributed by atoms with Crippen LogP contribution in [0, 0.1) is 13.8 Å². The highest BCUT2D eigenvalue weighted by molar-refractivity contribution is 5.88. The molecule has 0 bridgehead atoms. The van der Waals surface area contributed by atoms with Gasteiger partial charge in [-0.05, 0) is 37.5 Å². The van der Waals surface area contributed by atoms with E-state index in [9.17, 15) is 9.59 Å². The maximum absolute atomic E-state index is 13.6. The van der Waals surface area contributed by atoms with E-state index in [1.54, 1.807) is 4.90 Å². The number of carbonyl (C=O) groups excluding carboxylic acids is 2. The Morgan fingerprint density at radius 3 is 2.03 bits per heavy atom. The highest BCUT2D eigenvalue weighted by Crippen LogP contribution is 2.17. The normalized spacial score (nSPS) is 11.6. The largest absolute Gasteiger partial charge is 0.355 e. The van der Waals surface area contributed by atoms with Crippen molar-refractivity contribution in [2.24, 2.45) is 0 Å². The smallest absolute Gasteiger partial charge is 0.243 e. The number of aryl methyl sites for hydroxylation is 2. The van der Waals surface area contributed by atoms with Gasteiger partial charge in [0.05, 0.1) is 6.42 Å². The molecule has 0 aliphatic rings. The Labute approximate surface area is 191 Å². The molecule has 3 aromatic carbocycles. The van der Waals surface area contributed by atoms with E-state index in [4.69, 9.17) is 0 Å². The number of amides is 2.